The van der Waals surface area contributed by atoms with Gasteiger partial charge in [0.15, 0.2) is 0 Å². The number of amidine groups is 1. The molecule has 0 aromatic heterocycles. The van der Waals surface area contributed by atoms with Gasteiger partial charge in [-0.05, 0) is 42.4 Å². The molecular formula is C26H31N5O2. The summed E-state index contributed by atoms with van der Waals surface area (Å²) >= 11 is 0. The number of hydrogen-bond acceptors (Lipinski definition) is 7. The maximum atomic E-state index is 10.5. The summed E-state index contributed by atoms with van der Waals surface area (Å²) in [6.45, 7) is 6.62. The average Bonchev–Trinajstić information content (AvgIpc) is 2.99. The van der Waals surface area contributed by atoms with E-state index in [9.17, 15) is 5.11 Å². The van der Waals surface area contributed by atoms with Crippen LogP contribution in [-0.4, -0.2) is 77.7 Å². The molecule has 2 aromatic carbocycles. The molecule has 6 rings (SSSR count). The normalized spacial score (nSPS) is 29.1. The van der Waals surface area contributed by atoms with Gasteiger partial charge in [-0.3, -0.25) is 10.3 Å². The van der Waals surface area contributed by atoms with Crippen LogP contribution in [0, 0.1) is 0 Å². The molecule has 4 aliphatic heterocycles. The lowest BCUT2D eigenvalue weighted by Crippen LogP contribution is -2.51. The van der Waals surface area contributed by atoms with Crippen LogP contribution in [-0.2, 0) is 17.7 Å². The summed E-state index contributed by atoms with van der Waals surface area (Å²) in [4.78, 5) is 14.3. The largest absolute Gasteiger partial charge is 0.389 e. The number of nitrogens with one attached hydrogen (secondary N) is 1. The number of nitrogens with zero attached hydrogens (tertiary/aromatic N) is 4. The quantitative estimate of drug-likeness (QED) is 0.760. The monoisotopic (exact) mass is 445 g/mol. The smallest absolute Gasteiger partial charge is 0.124 e. The Morgan fingerprint density at radius 3 is 3.03 bits per heavy atom. The van der Waals surface area contributed by atoms with E-state index in [1.54, 1.807) is 0 Å². The van der Waals surface area contributed by atoms with Crippen LogP contribution in [0.1, 0.15) is 24.5 Å². The first-order valence-electron chi connectivity index (χ1n) is 11.9. The Morgan fingerprint density at radius 2 is 2.15 bits per heavy atom. The van der Waals surface area contributed by atoms with E-state index in [-0.39, 0.29) is 11.6 Å². The highest BCUT2D eigenvalue weighted by Gasteiger charge is 2.39. The molecule has 7 nitrogen and oxygen atoms in total. The van der Waals surface area contributed by atoms with Crippen molar-refractivity contribution < 1.29 is 9.84 Å². The molecule has 0 radical (unpaired) electrons. The summed E-state index contributed by atoms with van der Waals surface area (Å²) in [5.74, 6) is 1.08. The van der Waals surface area contributed by atoms with Crippen molar-refractivity contribution in [3.8, 4) is 0 Å². The highest BCUT2D eigenvalue weighted by molar-refractivity contribution is 5.99. The van der Waals surface area contributed by atoms with Crippen LogP contribution in [0.25, 0.3) is 10.8 Å². The Bertz CT molecular complexity index is 1160. The molecule has 3 atom stereocenters. The maximum absolute atomic E-state index is 10.5. The molecule has 1 saturated heterocycles. The van der Waals surface area contributed by atoms with Gasteiger partial charge in [0.25, 0.3) is 0 Å². The topological polar surface area (TPSA) is 72.7 Å². The van der Waals surface area contributed by atoms with Crippen LogP contribution in [0.15, 0.2) is 52.5 Å². The molecule has 2 aromatic rings. The average molecular weight is 446 g/mol. The van der Waals surface area contributed by atoms with Crippen molar-refractivity contribution in [1.29, 1.82) is 0 Å². The molecule has 0 amide bonds. The van der Waals surface area contributed by atoms with Gasteiger partial charge in [0, 0.05) is 25.1 Å². The molecule has 1 fully saturated rings. The number of aliphatic hydroxyl groups is 1. The van der Waals surface area contributed by atoms with Crippen LogP contribution >= 0.6 is 0 Å². The van der Waals surface area contributed by atoms with Gasteiger partial charge < -0.3 is 19.6 Å². The van der Waals surface area contributed by atoms with Crippen LogP contribution < -0.4 is 5.32 Å². The third-order valence-electron chi connectivity index (χ3n) is 7.47. The van der Waals surface area contributed by atoms with Gasteiger partial charge in [0.1, 0.15) is 5.84 Å². The van der Waals surface area contributed by atoms with E-state index in [4.69, 9.17) is 14.7 Å². The number of benzene rings is 2. The fourth-order valence-corrected chi connectivity index (χ4v) is 5.69. The lowest BCUT2D eigenvalue weighted by molar-refractivity contribution is -0.0498. The molecule has 7 heteroatoms. The zero-order valence-corrected chi connectivity index (χ0v) is 19.1. The first-order chi connectivity index (χ1) is 16.1. The van der Waals surface area contributed by atoms with E-state index in [0.717, 1.165) is 50.7 Å². The van der Waals surface area contributed by atoms with Crippen LogP contribution in [0.2, 0.25) is 0 Å². The van der Waals surface area contributed by atoms with E-state index in [1.165, 1.54) is 21.9 Å². The molecule has 0 spiro atoms. The van der Waals surface area contributed by atoms with Gasteiger partial charge in [-0.25, -0.2) is 4.99 Å². The minimum Gasteiger partial charge on any atom is -0.389 e. The number of fused-ring (bicyclic) bond motifs is 4. The zero-order chi connectivity index (χ0) is 22.4. The molecule has 0 aliphatic carbocycles. The number of hydrogen-bond donors (Lipinski definition) is 2. The third kappa shape index (κ3) is 3.64. The van der Waals surface area contributed by atoms with Crippen molar-refractivity contribution in [2.45, 2.75) is 44.0 Å². The Morgan fingerprint density at radius 1 is 1.27 bits per heavy atom. The second-order valence-electron chi connectivity index (χ2n) is 9.79. The molecular weight excluding hydrogens is 414 g/mol. The zero-order valence-electron chi connectivity index (χ0n) is 19.1. The minimum atomic E-state index is -0.483. The number of aliphatic hydroxyl groups excluding tert-OH is 1. The molecule has 172 valence electrons. The van der Waals surface area contributed by atoms with Crippen molar-refractivity contribution in [3.63, 3.8) is 0 Å². The number of aliphatic imine (C=N–C) groups is 2. The maximum Gasteiger partial charge on any atom is 0.124 e. The summed E-state index contributed by atoms with van der Waals surface area (Å²) in [7, 11) is 0. The molecule has 2 N–H and O–H groups in total. The molecule has 0 saturated carbocycles. The van der Waals surface area contributed by atoms with Crippen LogP contribution in [0.3, 0.4) is 0 Å². The van der Waals surface area contributed by atoms with Gasteiger partial charge in [0.2, 0.25) is 0 Å². The lowest BCUT2D eigenvalue weighted by Gasteiger charge is -2.39. The van der Waals surface area contributed by atoms with E-state index >= 15 is 0 Å². The summed E-state index contributed by atoms with van der Waals surface area (Å²) in [6, 6.07) is 11.0. The van der Waals surface area contributed by atoms with Crippen molar-refractivity contribution in [3.05, 3.63) is 53.6 Å². The first-order valence-corrected chi connectivity index (χ1v) is 11.9. The summed E-state index contributed by atoms with van der Waals surface area (Å²) in [6.07, 6.45) is 7.45. The van der Waals surface area contributed by atoms with E-state index < -0.39 is 6.10 Å². The standard InChI is InChI=1S/C26H31N5O2/c1-26(15-28-24-7-4-9-27-16-31(24)26)12-18-11-19-13-30(22-8-10-33-14-23(22)32)17-29-25(19)21-6-3-2-5-20(18)21/h2-7,11,17,22-23,27,32H,8-10,12-16H2,1H3. The fraction of sp³-hybridized carbons (Fsp3) is 0.462. The summed E-state index contributed by atoms with van der Waals surface area (Å²) < 4.78 is 5.44. The summed E-state index contributed by atoms with van der Waals surface area (Å²) in [5.41, 5.74) is 3.53. The van der Waals surface area contributed by atoms with Gasteiger partial charge in [-0.15, -0.1) is 0 Å². The molecule has 4 heterocycles. The second-order valence-corrected chi connectivity index (χ2v) is 9.79. The molecule has 4 aliphatic rings. The fourth-order valence-electron chi connectivity index (χ4n) is 5.69. The predicted octanol–water partition coefficient (Wildman–Crippen LogP) is 2.60. The van der Waals surface area contributed by atoms with E-state index in [0.29, 0.717) is 13.2 Å². The highest BCUT2D eigenvalue weighted by atomic mass is 16.5. The second kappa shape index (κ2) is 8.24. The predicted molar refractivity (Wildman–Crippen MR) is 131 cm³/mol. The third-order valence-corrected chi connectivity index (χ3v) is 7.47. The van der Waals surface area contributed by atoms with Crippen molar-refractivity contribution in [2.24, 2.45) is 9.98 Å². The Kier molecular flexibility index (Phi) is 5.20. The van der Waals surface area contributed by atoms with Crippen LogP contribution in [0.5, 0.6) is 0 Å². The minimum absolute atomic E-state index is 0.0452. The van der Waals surface area contributed by atoms with Gasteiger partial charge in [-0.2, -0.15) is 0 Å². The van der Waals surface area contributed by atoms with Gasteiger partial charge >= 0.3 is 0 Å². The van der Waals surface area contributed by atoms with Gasteiger partial charge in [0.05, 0.1) is 49.5 Å². The Hall–Kier alpha value is -2.74. The molecule has 3 unspecified atom stereocenters. The van der Waals surface area contributed by atoms with Crippen molar-refractivity contribution in [1.82, 2.24) is 15.1 Å². The van der Waals surface area contributed by atoms with Gasteiger partial charge in [-0.1, -0.05) is 36.4 Å². The highest BCUT2D eigenvalue weighted by Crippen LogP contribution is 2.39. The first kappa shape index (κ1) is 20.8. The van der Waals surface area contributed by atoms with Crippen molar-refractivity contribution >= 4 is 28.6 Å². The Labute approximate surface area is 194 Å². The number of ether oxygens (including phenoxy) is 1. The van der Waals surface area contributed by atoms with E-state index in [2.05, 4.69) is 64.5 Å². The molecule has 0 bridgehead atoms. The van der Waals surface area contributed by atoms with Crippen molar-refractivity contribution in [2.75, 3.05) is 33.0 Å². The Balaban J connectivity index is 1.36. The summed E-state index contributed by atoms with van der Waals surface area (Å²) in [5, 5.41) is 16.4. The number of rotatable bonds is 3. The van der Waals surface area contributed by atoms with E-state index in [1.807, 2.05) is 6.34 Å². The molecule has 33 heavy (non-hydrogen) atoms. The van der Waals surface area contributed by atoms with Crippen LogP contribution in [0.4, 0.5) is 5.69 Å². The lowest BCUT2D eigenvalue weighted by atomic mass is 9.87. The SMILES string of the molecule is CC1(Cc2cc3c(c4ccccc24)N=CN(C2CCOCC2O)C3)CN=C2C=CCNCN21.